The molecule has 0 amide bonds. The van der Waals surface area contributed by atoms with Gasteiger partial charge in [0.25, 0.3) is 0 Å². The molecule has 0 fully saturated rings. The smallest absolute Gasteiger partial charge is 0.211 e. The van der Waals surface area contributed by atoms with Crippen LogP contribution in [0.15, 0.2) is 11.4 Å². The summed E-state index contributed by atoms with van der Waals surface area (Å²) in [6.45, 7) is 5.46. The molecule has 13 heavy (non-hydrogen) atoms. The first-order chi connectivity index (χ1) is 5.93. The van der Waals surface area contributed by atoms with Crippen LogP contribution in [-0.2, 0) is 0 Å². The average Bonchev–Trinajstić information content (AvgIpc) is 2.51. The molecule has 0 saturated carbocycles. The lowest BCUT2D eigenvalue weighted by molar-refractivity contribution is 0.0439. The summed E-state index contributed by atoms with van der Waals surface area (Å²) in [5.74, 6) is -0.297. The van der Waals surface area contributed by atoms with Crippen LogP contribution in [-0.4, -0.2) is 21.4 Å². The van der Waals surface area contributed by atoms with E-state index in [-0.39, 0.29) is 5.78 Å². The molecule has 0 saturated heterocycles. The van der Waals surface area contributed by atoms with Gasteiger partial charge in [0, 0.05) is 5.38 Å². The summed E-state index contributed by atoms with van der Waals surface area (Å²) in [4.78, 5) is 11.5. The fraction of sp³-hybridized carbons (Fsp3) is 0.556. The first kappa shape index (κ1) is 10.3. The van der Waals surface area contributed by atoms with Crippen molar-refractivity contribution < 1.29 is 9.90 Å². The first-order valence-electron chi connectivity index (χ1n) is 4.05. The zero-order valence-corrected chi connectivity index (χ0v) is 8.76. The van der Waals surface area contributed by atoms with Crippen LogP contribution in [0.4, 0.5) is 0 Å². The zero-order chi connectivity index (χ0) is 10.1. The SMILES string of the molecule is CC(C)(C)C(O)C(=O)c1ccsn1. The quantitative estimate of drug-likeness (QED) is 0.738. The van der Waals surface area contributed by atoms with Crippen molar-refractivity contribution in [3.63, 3.8) is 0 Å². The van der Waals surface area contributed by atoms with Crippen LogP contribution < -0.4 is 0 Å². The van der Waals surface area contributed by atoms with Crippen LogP contribution in [0.3, 0.4) is 0 Å². The van der Waals surface area contributed by atoms with E-state index in [1.54, 1.807) is 11.4 Å². The molecule has 0 aliphatic rings. The Morgan fingerprint density at radius 2 is 2.23 bits per heavy atom. The maximum atomic E-state index is 11.5. The predicted molar refractivity (Wildman–Crippen MR) is 51.9 cm³/mol. The third kappa shape index (κ3) is 2.35. The van der Waals surface area contributed by atoms with Gasteiger partial charge in [-0.05, 0) is 23.0 Å². The van der Waals surface area contributed by atoms with E-state index in [9.17, 15) is 9.90 Å². The highest BCUT2D eigenvalue weighted by Crippen LogP contribution is 2.22. The molecule has 0 aliphatic heterocycles. The lowest BCUT2D eigenvalue weighted by Gasteiger charge is -2.23. The van der Waals surface area contributed by atoms with E-state index in [1.807, 2.05) is 20.8 Å². The van der Waals surface area contributed by atoms with Gasteiger partial charge in [-0.3, -0.25) is 4.79 Å². The molecule has 0 aliphatic carbocycles. The fourth-order valence-electron chi connectivity index (χ4n) is 0.873. The van der Waals surface area contributed by atoms with Crippen LogP contribution in [0.5, 0.6) is 0 Å². The lowest BCUT2D eigenvalue weighted by Crippen LogP contribution is -2.34. The van der Waals surface area contributed by atoms with Crippen molar-refractivity contribution in [1.82, 2.24) is 4.37 Å². The molecule has 1 rings (SSSR count). The monoisotopic (exact) mass is 199 g/mol. The van der Waals surface area contributed by atoms with Gasteiger partial charge in [-0.25, -0.2) is 0 Å². The maximum Gasteiger partial charge on any atom is 0.211 e. The second-order valence-corrected chi connectivity index (χ2v) is 4.68. The van der Waals surface area contributed by atoms with Crippen molar-refractivity contribution in [2.45, 2.75) is 26.9 Å². The van der Waals surface area contributed by atoms with Gasteiger partial charge in [-0.1, -0.05) is 20.8 Å². The lowest BCUT2D eigenvalue weighted by atomic mass is 9.86. The van der Waals surface area contributed by atoms with Gasteiger partial charge in [0.15, 0.2) is 0 Å². The molecule has 3 nitrogen and oxygen atoms in total. The highest BCUT2D eigenvalue weighted by molar-refractivity contribution is 7.03. The Hall–Kier alpha value is -0.740. The van der Waals surface area contributed by atoms with E-state index in [4.69, 9.17) is 0 Å². The van der Waals surface area contributed by atoms with Crippen LogP contribution in [0.25, 0.3) is 0 Å². The van der Waals surface area contributed by atoms with Crippen LogP contribution in [0, 0.1) is 5.41 Å². The molecule has 72 valence electrons. The number of ketones is 1. The summed E-state index contributed by atoms with van der Waals surface area (Å²) < 4.78 is 3.88. The summed E-state index contributed by atoms with van der Waals surface area (Å²) >= 11 is 1.21. The molecule has 4 heteroatoms. The number of Topliss-reactive ketones (excluding diaryl/α,β-unsaturated/α-hetero) is 1. The van der Waals surface area contributed by atoms with E-state index in [1.165, 1.54) is 11.5 Å². The van der Waals surface area contributed by atoms with Gasteiger partial charge < -0.3 is 5.11 Å². The Bertz CT molecular complexity index is 287. The molecule has 0 aromatic carbocycles. The minimum atomic E-state index is -0.977. The van der Waals surface area contributed by atoms with Gasteiger partial charge in [-0.2, -0.15) is 4.37 Å². The Labute approximate surface area is 81.6 Å². The van der Waals surface area contributed by atoms with Crippen molar-refractivity contribution in [1.29, 1.82) is 0 Å². The number of carbonyl (C=O) groups excluding carboxylic acids is 1. The zero-order valence-electron chi connectivity index (χ0n) is 7.94. The molecule has 0 spiro atoms. The minimum Gasteiger partial charge on any atom is -0.384 e. The van der Waals surface area contributed by atoms with Gasteiger partial charge in [0.05, 0.1) is 0 Å². The highest BCUT2D eigenvalue weighted by Gasteiger charge is 2.30. The Balaban J connectivity index is 2.81. The van der Waals surface area contributed by atoms with E-state index >= 15 is 0 Å². The number of aromatic nitrogens is 1. The predicted octanol–water partition coefficient (Wildman–Crippen LogP) is 1.73. The van der Waals surface area contributed by atoms with Crippen LogP contribution in [0.2, 0.25) is 0 Å². The normalized spacial score (nSPS) is 14.2. The number of hydrogen-bond acceptors (Lipinski definition) is 4. The number of nitrogens with zero attached hydrogens (tertiary/aromatic N) is 1. The number of rotatable bonds is 2. The van der Waals surface area contributed by atoms with Gasteiger partial charge in [0.1, 0.15) is 11.8 Å². The highest BCUT2D eigenvalue weighted by atomic mass is 32.1. The molecule has 1 atom stereocenters. The molecular weight excluding hydrogens is 186 g/mol. The molecule has 0 bridgehead atoms. The van der Waals surface area contributed by atoms with Gasteiger partial charge in [0.2, 0.25) is 5.78 Å². The maximum absolute atomic E-state index is 11.5. The molecule has 1 heterocycles. The van der Waals surface area contributed by atoms with Crippen molar-refractivity contribution in [3.05, 3.63) is 17.1 Å². The second-order valence-electron chi connectivity index (χ2n) is 4.02. The molecular formula is C9H13NO2S. The summed E-state index contributed by atoms with van der Waals surface area (Å²) in [5, 5.41) is 11.4. The van der Waals surface area contributed by atoms with Crippen molar-refractivity contribution in [3.8, 4) is 0 Å². The molecule has 1 unspecified atom stereocenters. The van der Waals surface area contributed by atoms with E-state index in [0.717, 1.165) is 0 Å². The van der Waals surface area contributed by atoms with E-state index < -0.39 is 11.5 Å². The van der Waals surface area contributed by atoms with Gasteiger partial charge in [-0.15, -0.1) is 0 Å². The molecule has 1 aromatic rings. The third-order valence-corrected chi connectivity index (χ3v) is 2.32. The van der Waals surface area contributed by atoms with Crippen LogP contribution in [0.1, 0.15) is 31.3 Å². The summed E-state index contributed by atoms with van der Waals surface area (Å²) in [6.07, 6.45) is -0.977. The fourth-order valence-corrected chi connectivity index (χ4v) is 1.39. The molecule has 1 N–H and O–H groups in total. The molecule has 1 aromatic heterocycles. The number of aliphatic hydroxyl groups is 1. The number of hydrogen-bond donors (Lipinski definition) is 1. The molecule has 0 radical (unpaired) electrons. The van der Waals surface area contributed by atoms with Crippen molar-refractivity contribution >= 4 is 17.3 Å². The van der Waals surface area contributed by atoms with Gasteiger partial charge >= 0.3 is 0 Å². The third-order valence-electron chi connectivity index (χ3n) is 1.76. The topological polar surface area (TPSA) is 50.2 Å². The van der Waals surface area contributed by atoms with Crippen molar-refractivity contribution in [2.24, 2.45) is 5.41 Å². The Kier molecular flexibility index (Phi) is 2.83. The number of carbonyl (C=O) groups is 1. The second kappa shape index (κ2) is 3.55. The number of aliphatic hydroxyl groups excluding tert-OH is 1. The average molecular weight is 199 g/mol. The summed E-state index contributed by atoms with van der Waals surface area (Å²) in [6, 6.07) is 1.63. The Morgan fingerprint density at radius 1 is 1.62 bits per heavy atom. The standard InChI is InChI=1S/C9H13NO2S/c1-9(2,3)8(12)7(11)6-4-5-13-10-6/h4-5,8,12H,1-3H3. The summed E-state index contributed by atoms with van der Waals surface area (Å²) in [7, 11) is 0. The Morgan fingerprint density at radius 3 is 2.62 bits per heavy atom. The van der Waals surface area contributed by atoms with Crippen molar-refractivity contribution in [2.75, 3.05) is 0 Å². The van der Waals surface area contributed by atoms with E-state index in [2.05, 4.69) is 4.37 Å². The minimum absolute atomic E-state index is 0.297. The van der Waals surface area contributed by atoms with Crippen LogP contribution >= 0.6 is 11.5 Å². The largest absolute Gasteiger partial charge is 0.384 e. The first-order valence-corrected chi connectivity index (χ1v) is 4.89. The summed E-state index contributed by atoms with van der Waals surface area (Å²) in [5.41, 5.74) is -0.0758. The van der Waals surface area contributed by atoms with E-state index in [0.29, 0.717) is 5.69 Å².